The maximum Gasteiger partial charge on any atom is 0.167 e. The number of anilines is 1. The lowest BCUT2D eigenvalue weighted by atomic mass is 9.93. The molecule has 0 aliphatic carbocycles. The molecule has 0 amide bonds. The van der Waals surface area contributed by atoms with Gasteiger partial charge in [0.05, 0.1) is 5.02 Å². The molecule has 1 heterocycles. The average molecular weight is 274 g/mol. The molecule has 102 valence electrons. The van der Waals surface area contributed by atoms with Crippen molar-refractivity contribution in [1.82, 2.24) is 4.98 Å². The number of halogens is 2. The highest BCUT2D eigenvalue weighted by atomic mass is 35.5. The largest absolute Gasteiger partial charge is 0.354 e. The van der Waals surface area contributed by atoms with Gasteiger partial charge < -0.3 is 10.6 Å². The van der Waals surface area contributed by atoms with Crippen molar-refractivity contribution in [1.29, 1.82) is 0 Å². The van der Waals surface area contributed by atoms with Crippen LogP contribution < -0.4 is 10.6 Å². The predicted octanol–water partition coefficient (Wildman–Crippen LogP) is 3.08. The summed E-state index contributed by atoms with van der Waals surface area (Å²) in [6, 6.07) is 1.29. The Balaban J connectivity index is 2.97. The van der Waals surface area contributed by atoms with Crippen LogP contribution in [0.25, 0.3) is 0 Å². The molecule has 0 aliphatic rings. The van der Waals surface area contributed by atoms with Crippen LogP contribution in [0.4, 0.5) is 10.2 Å². The van der Waals surface area contributed by atoms with Crippen molar-refractivity contribution in [2.45, 2.75) is 27.2 Å². The summed E-state index contributed by atoms with van der Waals surface area (Å²) in [6.45, 7) is 8.13. The highest BCUT2D eigenvalue weighted by Crippen LogP contribution is 2.24. The standard InChI is InChI=1S/C13H21ClFN3/c1-4-5-18(9-13(2,3)8-16)12-11(15)6-10(14)7-17-12/h6-7H,4-5,8-9,16H2,1-3H3. The minimum absolute atomic E-state index is 0.0804. The molecular formula is C13H21ClFN3. The Hall–Kier alpha value is -0.870. The molecule has 5 heteroatoms. The molecule has 0 spiro atoms. The molecule has 1 aromatic rings. The third kappa shape index (κ3) is 4.10. The van der Waals surface area contributed by atoms with E-state index in [1.807, 2.05) is 4.90 Å². The first-order valence-corrected chi connectivity index (χ1v) is 6.53. The number of aromatic nitrogens is 1. The Morgan fingerprint density at radius 2 is 2.17 bits per heavy atom. The van der Waals surface area contributed by atoms with Gasteiger partial charge in [-0.3, -0.25) is 0 Å². The van der Waals surface area contributed by atoms with Crippen LogP contribution in [0.3, 0.4) is 0 Å². The van der Waals surface area contributed by atoms with Gasteiger partial charge in [-0.2, -0.15) is 0 Å². The monoisotopic (exact) mass is 273 g/mol. The summed E-state index contributed by atoms with van der Waals surface area (Å²) < 4.78 is 13.9. The summed E-state index contributed by atoms with van der Waals surface area (Å²) in [7, 11) is 0. The van der Waals surface area contributed by atoms with Crippen LogP contribution in [-0.2, 0) is 0 Å². The SMILES string of the molecule is CCCN(CC(C)(C)CN)c1ncc(Cl)cc1F. The van der Waals surface area contributed by atoms with Crippen LogP contribution in [0.2, 0.25) is 5.02 Å². The second-order valence-corrected chi connectivity index (χ2v) is 5.69. The zero-order chi connectivity index (χ0) is 13.8. The van der Waals surface area contributed by atoms with E-state index >= 15 is 0 Å². The summed E-state index contributed by atoms with van der Waals surface area (Å²) >= 11 is 5.72. The van der Waals surface area contributed by atoms with Gasteiger partial charge in [0.2, 0.25) is 0 Å². The predicted molar refractivity (Wildman–Crippen MR) is 74.5 cm³/mol. The molecule has 2 N–H and O–H groups in total. The quantitative estimate of drug-likeness (QED) is 0.866. The lowest BCUT2D eigenvalue weighted by molar-refractivity contribution is 0.374. The van der Waals surface area contributed by atoms with Crippen LogP contribution >= 0.6 is 11.6 Å². The third-order valence-electron chi connectivity index (χ3n) is 2.75. The first-order chi connectivity index (χ1) is 8.39. The molecule has 1 rings (SSSR count). The zero-order valence-corrected chi connectivity index (χ0v) is 12.0. The minimum atomic E-state index is -0.385. The van der Waals surface area contributed by atoms with E-state index in [1.165, 1.54) is 12.3 Å². The van der Waals surface area contributed by atoms with E-state index in [0.29, 0.717) is 23.9 Å². The Morgan fingerprint density at radius 3 is 2.67 bits per heavy atom. The first kappa shape index (κ1) is 15.2. The zero-order valence-electron chi connectivity index (χ0n) is 11.2. The highest BCUT2D eigenvalue weighted by Gasteiger charge is 2.22. The van der Waals surface area contributed by atoms with E-state index in [1.54, 1.807) is 0 Å². The van der Waals surface area contributed by atoms with Gasteiger partial charge in [-0.25, -0.2) is 9.37 Å². The average Bonchev–Trinajstić information content (AvgIpc) is 2.28. The molecule has 1 aromatic heterocycles. The third-order valence-corrected chi connectivity index (χ3v) is 2.96. The summed E-state index contributed by atoms with van der Waals surface area (Å²) in [5, 5.41) is 0.311. The molecule has 0 fully saturated rings. The van der Waals surface area contributed by atoms with Crippen LogP contribution in [0, 0.1) is 11.2 Å². The maximum absolute atomic E-state index is 13.9. The van der Waals surface area contributed by atoms with Gasteiger partial charge in [-0.1, -0.05) is 32.4 Å². The Morgan fingerprint density at radius 1 is 1.50 bits per heavy atom. The fourth-order valence-corrected chi connectivity index (χ4v) is 1.90. The van der Waals surface area contributed by atoms with Crippen LogP contribution in [0.15, 0.2) is 12.3 Å². The van der Waals surface area contributed by atoms with E-state index in [0.717, 1.165) is 13.0 Å². The number of hydrogen-bond donors (Lipinski definition) is 1. The van der Waals surface area contributed by atoms with E-state index < -0.39 is 0 Å². The lowest BCUT2D eigenvalue weighted by Gasteiger charge is -2.32. The normalized spacial score (nSPS) is 11.7. The topological polar surface area (TPSA) is 42.1 Å². The van der Waals surface area contributed by atoms with E-state index in [-0.39, 0.29) is 11.2 Å². The van der Waals surface area contributed by atoms with Crippen LogP contribution in [0.5, 0.6) is 0 Å². The van der Waals surface area contributed by atoms with Crippen molar-refractivity contribution in [2.24, 2.45) is 11.1 Å². The Labute approximate surface area is 113 Å². The molecule has 0 aliphatic heterocycles. The van der Waals surface area contributed by atoms with E-state index in [4.69, 9.17) is 17.3 Å². The maximum atomic E-state index is 13.9. The molecule has 0 saturated carbocycles. The van der Waals surface area contributed by atoms with Crippen LogP contribution in [0.1, 0.15) is 27.2 Å². The lowest BCUT2D eigenvalue weighted by Crippen LogP contribution is -2.40. The molecule has 0 aromatic carbocycles. The molecule has 0 radical (unpaired) electrons. The second-order valence-electron chi connectivity index (χ2n) is 5.25. The fourth-order valence-electron chi connectivity index (χ4n) is 1.75. The Kier molecular flexibility index (Phi) is 5.35. The van der Waals surface area contributed by atoms with Crippen molar-refractivity contribution in [2.75, 3.05) is 24.5 Å². The molecular weight excluding hydrogens is 253 g/mol. The molecule has 3 nitrogen and oxygen atoms in total. The summed E-state index contributed by atoms with van der Waals surface area (Å²) in [4.78, 5) is 6.02. The van der Waals surface area contributed by atoms with Crippen molar-refractivity contribution in [3.63, 3.8) is 0 Å². The fraction of sp³-hybridized carbons (Fsp3) is 0.615. The summed E-state index contributed by atoms with van der Waals surface area (Å²) in [5.41, 5.74) is 5.65. The summed E-state index contributed by atoms with van der Waals surface area (Å²) in [6.07, 6.45) is 2.39. The van der Waals surface area contributed by atoms with Gasteiger partial charge in [0, 0.05) is 19.3 Å². The van der Waals surface area contributed by atoms with Gasteiger partial charge in [-0.15, -0.1) is 0 Å². The van der Waals surface area contributed by atoms with Gasteiger partial charge in [-0.05, 0) is 24.4 Å². The van der Waals surface area contributed by atoms with Crippen molar-refractivity contribution < 1.29 is 4.39 Å². The van der Waals surface area contributed by atoms with Crippen molar-refractivity contribution in [3.8, 4) is 0 Å². The van der Waals surface area contributed by atoms with E-state index in [2.05, 4.69) is 25.8 Å². The van der Waals surface area contributed by atoms with Crippen molar-refractivity contribution >= 4 is 17.4 Å². The number of pyridine rings is 1. The van der Waals surface area contributed by atoms with Gasteiger partial charge in [0.1, 0.15) is 0 Å². The molecule has 0 bridgehead atoms. The Bertz CT molecular complexity index is 396. The molecule has 0 unspecified atom stereocenters. The van der Waals surface area contributed by atoms with Gasteiger partial charge >= 0.3 is 0 Å². The first-order valence-electron chi connectivity index (χ1n) is 6.15. The highest BCUT2D eigenvalue weighted by molar-refractivity contribution is 6.30. The van der Waals surface area contributed by atoms with E-state index in [9.17, 15) is 4.39 Å². The number of nitrogens with zero attached hydrogens (tertiary/aromatic N) is 2. The van der Waals surface area contributed by atoms with Gasteiger partial charge in [0.15, 0.2) is 11.6 Å². The van der Waals surface area contributed by atoms with Gasteiger partial charge in [0.25, 0.3) is 0 Å². The number of nitrogens with two attached hydrogens (primary N) is 1. The minimum Gasteiger partial charge on any atom is -0.354 e. The van der Waals surface area contributed by atoms with Crippen LogP contribution in [-0.4, -0.2) is 24.6 Å². The molecule has 18 heavy (non-hydrogen) atoms. The molecule has 0 saturated heterocycles. The number of hydrogen-bond acceptors (Lipinski definition) is 3. The molecule has 0 atom stereocenters. The van der Waals surface area contributed by atoms with Crippen molar-refractivity contribution in [3.05, 3.63) is 23.1 Å². The smallest absolute Gasteiger partial charge is 0.167 e. The summed E-state index contributed by atoms with van der Waals surface area (Å²) in [5.74, 6) is -0.0356. The second kappa shape index (κ2) is 6.34. The number of rotatable bonds is 6.